The topological polar surface area (TPSA) is 128 Å². The minimum absolute atomic E-state index is 0.0649. The quantitative estimate of drug-likeness (QED) is 0.325. The fourth-order valence-corrected chi connectivity index (χ4v) is 5.48. The number of thioether (sulfide) groups is 1. The molecule has 0 saturated carbocycles. The van der Waals surface area contributed by atoms with Gasteiger partial charge >= 0.3 is 0 Å². The number of likely N-dealkylation sites (N-methyl/N-ethyl adjacent to an activating group) is 1. The maximum absolute atomic E-state index is 12.7. The van der Waals surface area contributed by atoms with Crippen molar-refractivity contribution in [3.05, 3.63) is 43.1 Å². The standard InChI is InChI=1S/C25H30N12OS/c1-32-8-10-33(11-9-32)22(38)16-35-14-19(12-27-35)29-24-30-23-21(4-3-7-36(23)31-24)34-17-25(18-34,5-6-26)37-15-20(39-2)13-28-37/h3-4,7,12-15H,5,8-11,16-18H2,1-2H3,(H,29,31). The lowest BCUT2D eigenvalue weighted by molar-refractivity contribution is -0.133. The summed E-state index contributed by atoms with van der Waals surface area (Å²) in [5.74, 6) is 0.503. The fraction of sp³-hybridized carbons (Fsp3) is 0.440. The molecule has 13 nitrogen and oxygen atoms in total. The van der Waals surface area contributed by atoms with Crippen molar-refractivity contribution >= 4 is 40.6 Å². The molecule has 6 heterocycles. The van der Waals surface area contributed by atoms with Gasteiger partial charge in [0.15, 0.2) is 5.65 Å². The van der Waals surface area contributed by atoms with Crippen LogP contribution in [-0.4, -0.2) is 102 Å². The Morgan fingerprint density at radius 3 is 2.74 bits per heavy atom. The average Bonchev–Trinajstić information content (AvgIpc) is 3.66. The molecule has 0 aromatic carbocycles. The average molecular weight is 547 g/mol. The summed E-state index contributed by atoms with van der Waals surface area (Å²) in [6.45, 7) is 4.76. The highest BCUT2D eigenvalue weighted by atomic mass is 32.2. The molecule has 1 amide bonds. The smallest absolute Gasteiger partial charge is 0.247 e. The molecule has 2 aliphatic rings. The van der Waals surface area contributed by atoms with E-state index in [9.17, 15) is 10.1 Å². The number of hydrogen-bond donors (Lipinski definition) is 1. The number of nitriles is 1. The van der Waals surface area contributed by atoms with Crippen molar-refractivity contribution < 1.29 is 4.79 Å². The van der Waals surface area contributed by atoms with E-state index in [-0.39, 0.29) is 18.0 Å². The maximum atomic E-state index is 12.7. The Morgan fingerprint density at radius 2 is 2.00 bits per heavy atom. The summed E-state index contributed by atoms with van der Waals surface area (Å²) in [5, 5.41) is 26.2. The van der Waals surface area contributed by atoms with Crippen LogP contribution in [0.2, 0.25) is 0 Å². The summed E-state index contributed by atoms with van der Waals surface area (Å²) in [4.78, 5) is 24.8. The van der Waals surface area contributed by atoms with Crippen molar-refractivity contribution in [2.75, 3.05) is 62.8 Å². The summed E-state index contributed by atoms with van der Waals surface area (Å²) in [5.41, 5.74) is 2.00. The number of amides is 1. The van der Waals surface area contributed by atoms with Crippen LogP contribution in [-0.2, 0) is 16.9 Å². The van der Waals surface area contributed by atoms with Crippen LogP contribution in [0.4, 0.5) is 17.3 Å². The van der Waals surface area contributed by atoms with Crippen molar-refractivity contribution in [3.63, 3.8) is 0 Å². The normalized spacial score (nSPS) is 17.3. The van der Waals surface area contributed by atoms with Crippen LogP contribution in [0.1, 0.15) is 6.42 Å². The molecule has 202 valence electrons. The van der Waals surface area contributed by atoms with Crippen LogP contribution in [0.5, 0.6) is 0 Å². The van der Waals surface area contributed by atoms with E-state index in [2.05, 4.69) is 43.5 Å². The molecule has 6 rings (SSSR count). The predicted molar refractivity (Wildman–Crippen MR) is 147 cm³/mol. The summed E-state index contributed by atoms with van der Waals surface area (Å²) in [6, 6.07) is 6.29. The molecule has 1 N–H and O–H groups in total. The second-order valence-electron chi connectivity index (χ2n) is 10.1. The SMILES string of the molecule is CSc1cnn(C2(CC#N)CN(c3cccn4nc(Nc5cnn(CC(=O)N6CCN(C)CC6)c5)nc34)C2)c1. The van der Waals surface area contributed by atoms with Gasteiger partial charge in [0.05, 0.1) is 36.3 Å². The molecule has 0 unspecified atom stereocenters. The van der Waals surface area contributed by atoms with Gasteiger partial charge in [-0.1, -0.05) is 0 Å². The summed E-state index contributed by atoms with van der Waals surface area (Å²) >= 11 is 1.64. The Labute approximate surface area is 230 Å². The number of hydrogen-bond acceptors (Lipinski definition) is 10. The van der Waals surface area contributed by atoms with Gasteiger partial charge in [0.25, 0.3) is 0 Å². The van der Waals surface area contributed by atoms with Gasteiger partial charge in [-0.05, 0) is 25.4 Å². The molecule has 2 fully saturated rings. The fourth-order valence-electron chi connectivity index (χ4n) is 5.12. The van der Waals surface area contributed by atoms with Crippen LogP contribution in [0.15, 0.2) is 48.0 Å². The number of fused-ring (bicyclic) bond motifs is 1. The van der Waals surface area contributed by atoms with Gasteiger partial charge in [-0.15, -0.1) is 16.9 Å². The number of nitrogens with zero attached hydrogens (tertiary/aromatic N) is 11. The zero-order valence-corrected chi connectivity index (χ0v) is 22.8. The summed E-state index contributed by atoms with van der Waals surface area (Å²) in [6.07, 6.45) is 11.6. The molecule has 14 heteroatoms. The molecule has 0 bridgehead atoms. The minimum atomic E-state index is -0.368. The highest BCUT2D eigenvalue weighted by Gasteiger charge is 2.46. The van der Waals surface area contributed by atoms with Gasteiger partial charge < -0.3 is 20.0 Å². The van der Waals surface area contributed by atoms with Crippen molar-refractivity contribution in [1.82, 2.24) is 44.0 Å². The van der Waals surface area contributed by atoms with E-state index in [0.29, 0.717) is 36.8 Å². The number of anilines is 3. The van der Waals surface area contributed by atoms with Gasteiger partial charge in [0.2, 0.25) is 11.9 Å². The second-order valence-corrected chi connectivity index (χ2v) is 11.0. The van der Waals surface area contributed by atoms with Gasteiger partial charge in [-0.3, -0.25) is 14.2 Å². The predicted octanol–water partition coefficient (Wildman–Crippen LogP) is 1.49. The van der Waals surface area contributed by atoms with Crippen LogP contribution >= 0.6 is 11.8 Å². The molecule has 2 saturated heterocycles. The molecule has 0 spiro atoms. The third-order valence-corrected chi connectivity index (χ3v) is 8.07. The molecule has 4 aromatic rings. The number of rotatable bonds is 8. The Balaban J connectivity index is 1.14. The van der Waals surface area contributed by atoms with Crippen molar-refractivity contribution in [3.8, 4) is 6.07 Å². The van der Waals surface area contributed by atoms with Crippen LogP contribution in [0.3, 0.4) is 0 Å². The Hall–Kier alpha value is -4.09. The Morgan fingerprint density at radius 1 is 1.18 bits per heavy atom. The number of carbonyl (C=O) groups is 1. The van der Waals surface area contributed by atoms with Gasteiger partial charge in [-0.25, -0.2) is 4.52 Å². The zero-order chi connectivity index (χ0) is 27.0. The number of aromatic nitrogens is 7. The van der Waals surface area contributed by atoms with Crippen LogP contribution in [0, 0.1) is 11.3 Å². The largest absolute Gasteiger partial charge is 0.363 e. The monoisotopic (exact) mass is 546 g/mol. The Kier molecular flexibility index (Phi) is 6.61. The van der Waals surface area contributed by atoms with E-state index in [1.54, 1.807) is 33.4 Å². The molecule has 0 aliphatic carbocycles. The lowest BCUT2D eigenvalue weighted by atomic mass is 9.86. The summed E-state index contributed by atoms with van der Waals surface area (Å²) < 4.78 is 5.31. The Bertz CT molecular complexity index is 1520. The van der Waals surface area contributed by atoms with Crippen molar-refractivity contribution in [1.29, 1.82) is 5.26 Å². The zero-order valence-electron chi connectivity index (χ0n) is 21.9. The molecule has 0 atom stereocenters. The lowest BCUT2D eigenvalue weighted by Gasteiger charge is -2.50. The first-order valence-electron chi connectivity index (χ1n) is 12.8. The number of piperazine rings is 1. The first-order chi connectivity index (χ1) is 19.0. The second kappa shape index (κ2) is 10.2. The van der Waals surface area contributed by atoms with E-state index in [1.165, 1.54) is 0 Å². The number of nitrogens with one attached hydrogen (secondary N) is 1. The first kappa shape index (κ1) is 25.2. The van der Waals surface area contributed by atoms with E-state index < -0.39 is 0 Å². The van der Waals surface area contributed by atoms with Crippen molar-refractivity contribution in [2.45, 2.75) is 23.4 Å². The highest BCUT2D eigenvalue weighted by Crippen LogP contribution is 2.38. The van der Waals surface area contributed by atoms with Gasteiger partial charge in [0.1, 0.15) is 12.1 Å². The molecule has 39 heavy (non-hydrogen) atoms. The molecule has 0 radical (unpaired) electrons. The molecule has 4 aromatic heterocycles. The van der Waals surface area contributed by atoms with Crippen LogP contribution < -0.4 is 10.2 Å². The third-order valence-electron chi connectivity index (χ3n) is 7.38. The number of carbonyl (C=O) groups excluding carboxylic acids is 1. The minimum Gasteiger partial charge on any atom is -0.363 e. The summed E-state index contributed by atoms with van der Waals surface area (Å²) in [7, 11) is 2.07. The van der Waals surface area contributed by atoms with Gasteiger partial charge in [0, 0.05) is 62.8 Å². The number of pyridine rings is 1. The van der Waals surface area contributed by atoms with Crippen LogP contribution in [0.25, 0.3) is 5.65 Å². The molecular weight excluding hydrogens is 516 g/mol. The van der Waals surface area contributed by atoms with E-state index >= 15 is 0 Å². The van der Waals surface area contributed by atoms with E-state index in [4.69, 9.17) is 4.98 Å². The van der Waals surface area contributed by atoms with E-state index in [1.807, 2.05) is 46.6 Å². The highest BCUT2D eigenvalue weighted by molar-refractivity contribution is 7.98. The molecular formula is C25H30N12OS. The lowest BCUT2D eigenvalue weighted by Crippen LogP contribution is -2.63. The van der Waals surface area contributed by atoms with E-state index in [0.717, 1.165) is 36.8 Å². The maximum Gasteiger partial charge on any atom is 0.247 e. The first-order valence-corrected chi connectivity index (χ1v) is 14.0. The van der Waals surface area contributed by atoms with Gasteiger partial charge in [-0.2, -0.15) is 20.4 Å². The third kappa shape index (κ3) is 4.90. The molecule has 2 aliphatic heterocycles. The van der Waals surface area contributed by atoms with Crippen molar-refractivity contribution in [2.24, 2.45) is 0 Å².